The number of hydrogen-bond donors (Lipinski definition) is 2. The number of carbonyl (C=O) groups excluding carboxylic acids is 1. The smallest absolute Gasteiger partial charge is 0.310 e. The standard InChI is InChI=1S/C16H21NO4/c1-2-21-13-6-4-12(5-7-13)11-17-14(18)10-16(15(19)20)8-3-9-16/h4-7H,2-3,8-11H2,1H3,(H,17,18)(H,19,20). The van der Waals surface area contributed by atoms with Crippen LogP contribution in [0.2, 0.25) is 0 Å². The molecule has 1 saturated carbocycles. The first kappa shape index (κ1) is 15.4. The molecule has 21 heavy (non-hydrogen) atoms. The number of amides is 1. The zero-order valence-electron chi connectivity index (χ0n) is 12.2. The topological polar surface area (TPSA) is 75.6 Å². The van der Waals surface area contributed by atoms with Gasteiger partial charge in [-0.2, -0.15) is 0 Å². The van der Waals surface area contributed by atoms with Crippen molar-refractivity contribution in [1.29, 1.82) is 0 Å². The van der Waals surface area contributed by atoms with Crippen molar-refractivity contribution in [1.82, 2.24) is 5.32 Å². The van der Waals surface area contributed by atoms with Gasteiger partial charge in [0, 0.05) is 13.0 Å². The quantitative estimate of drug-likeness (QED) is 0.808. The van der Waals surface area contributed by atoms with Crippen LogP contribution in [0.1, 0.15) is 38.2 Å². The van der Waals surface area contributed by atoms with Crippen molar-refractivity contribution in [2.24, 2.45) is 5.41 Å². The van der Waals surface area contributed by atoms with Crippen molar-refractivity contribution >= 4 is 11.9 Å². The first-order chi connectivity index (χ1) is 10.1. The number of hydrogen-bond acceptors (Lipinski definition) is 3. The van der Waals surface area contributed by atoms with E-state index in [0.29, 0.717) is 26.0 Å². The lowest BCUT2D eigenvalue weighted by Gasteiger charge is -2.36. The van der Waals surface area contributed by atoms with Gasteiger partial charge in [-0.1, -0.05) is 18.6 Å². The van der Waals surface area contributed by atoms with Crippen molar-refractivity contribution in [3.05, 3.63) is 29.8 Å². The van der Waals surface area contributed by atoms with E-state index in [-0.39, 0.29) is 12.3 Å². The maximum absolute atomic E-state index is 11.9. The monoisotopic (exact) mass is 291 g/mol. The van der Waals surface area contributed by atoms with Crippen molar-refractivity contribution < 1.29 is 19.4 Å². The Hall–Kier alpha value is -2.04. The average Bonchev–Trinajstić information content (AvgIpc) is 2.42. The Morgan fingerprint density at radius 2 is 1.95 bits per heavy atom. The lowest BCUT2D eigenvalue weighted by atomic mass is 9.66. The summed E-state index contributed by atoms with van der Waals surface area (Å²) in [6, 6.07) is 7.49. The number of rotatable bonds is 7. The van der Waals surface area contributed by atoms with Gasteiger partial charge < -0.3 is 15.2 Å². The molecule has 1 aromatic rings. The van der Waals surface area contributed by atoms with Gasteiger partial charge in [0.25, 0.3) is 0 Å². The molecule has 0 spiro atoms. The van der Waals surface area contributed by atoms with Crippen LogP contribution < -0.4 is 10.1 Å². The summed E-state index contributed by atoms with van der Waals surface area (Å²) in [7, 11) is 0. The molecule has 1 aliphatic rings. The molecule has 0 aromatic heterocycles. The van der Waals surface area contributed by atoms with Crippen molar-refractivity contribution in [3.8, 4) is 5.75 Å². The summed E-state index contributed by atoms with van der Waals surface area (Å²) in [6.45, 7) is 2.95. The highest BCUT2D eigenvalue weighted by Crippen LogP contribution is 2.44. The third kappa shape index (κ3) is 3.74. The highest BCUT2D eigenvalue weighted by atomic mass is 16.5. The van der Waals surface area contributed by atoms with E-state index in [9.17, 15) is 14.7 Å². The summed E-state index contributed by atoms with van der Waals surface area (Å²) < 4.78 is 5.35. The molecule has 1 aliphatic carbocycles. The summed E-state index contributed by atoms with van der Waals surface area (Å²) in [5, 5.41) is 12.0. The first-order valence-corrected chi connectivity index (χ1v) is 7.27. The molecular weight excluding hydrogens is 270 g/mol. The molecule has 114 valence electrons. The van der Waals surface area contributed by atoms with E-state index in [1.807, 2.05) is 31.2 Å². The largest absolute Gasteiger partial charge is 0.494 e. The van der Waals surface area contributed by atoms with Crippen LogP contribution in [0.5, 0.6) is 5.75 Å². The Morgan fingerprint density at radius 3 is 2.43 bits per heavy atom. The minimum Gasteiger partial charge on any atom is -0.494 e. The van der Waals surface area contributed by atoms with Gasteiger partial charge in [-0.3, -0.25) is 9.59 Å². The molecule has 0 atom stereocenters. The summed E-state index contributed by atoms with van der Waals surface area (Å²) in [5.41, 5.74) is 0.132. The number of carboxylic acid groups (broad SMARTS) is 1. The molecule has 0 radical (unpaired) electrons. The van der Waals surface area contributed by atoms with Gasteiger partial charge in [-0.25, -0.2) is 0 Å². The summed E-state index contributed by atoms with van der Waals surface area (Å²) in [5.74, 6) is -0.261. The van der Waals surface area contributed by atoms with Gasteiger partial charge in [0.15, 0.2) is 0 Å². The van der Waals surface area contributed by atoms with Gasteiger partial charge in [0.2, 0.25) is 5.91 Å². The van der Waals surface area contributed by atoms with E-state index in [2.05, 4.69) is 5.32 Å². The van der Waals surface area contributed by atoms with Crippen molar-refractivity contribution in [3.63, 3.8) is 0 Å². The Kier molecular flexibility index (Phi) is 4.83. The molecule has 1 amide bonds. The fourth-order valence-corrected chi connectivity index (χ4v) is 2.51. The Bertz CT molecular complexity index is 506. The molecule has 2 rings (SSSR count). The zero-order chi connectivity index (χ0) is 15.3. The predicted molar refractivity (Wildman–Crippen MR) is 78.0 cm³/mol. The minimum atomic E-state index is -0.857. The second-order valence-corrected chi connectivity index (χ2v) is 5.47. The molecule has 1 fully saturated rings. The molecule has 0 heterocycles. The van der Waals surface area contributed by atoms with Crippen LogP contribution in [0.15, 0.2) is 24.3 Å². The number of ether oxygens (including phenoxy) is 1. The van der Waals surface area contributed by atoms with Gasteiger partial charge in [-0.15, -0.1) is 0 Å². The van der Waals surface area contributed by atoms with Crippen LogP contribution in [-0.4, -0.2) is 23.6 Å². The number of carboxylic acids is 1. The molecule has 5 nitrogen and oxygen atoms in total. The van der Waals surface area contributed by atoms with E-state index < -0.39 is 11.4 Å². The Labute approximate surface area is 124 Å². The fourth-order valence-electron chi connectivity index (χ4n) is 2.51. The van der Waals surface area contributed by atoms with Crippen molar-refractivity contribution in [2.75, 3.05) is 6.61 Å². The van der Waals surface area contributed by atoms with Crippen LogP contribution in [0, 0.1) is 5.41 Å². The number of benzene rings is 1. The number of nitrogens with one attached hydrogen (secondary N) is 1. The molecule has 0 bridgehead atoms. The minimum absolute atomic E-state index is 0.0688. The van der Waals surface area contributed by atoms with Crippen molar-refractivity contribution in [2.45, 2.75) is 39.2 Å². The van der Waals surface area contributed by atoms with E-state index in [4.69, 9.17) is 4.74 Å². The second-order valence-electron chi connectivity index (χ2n) is 5.47. The summed E-state index contributed by atoms with van der Waals surface area (Å²) >= 11 is 0. The fraction of sp³-hybridized carbons (Fsp3) is 0.500. The number of aliphatic carboxylic acids is 1. The molecule has 1 aromatic carbocycles. The van der Waals surface area contributed by atoms with E-state index in [1.54, 1.807) is 0 Å². The van der Waals surface area contributed by atoms with Crippen LogP contribution in [0.25, 0.3) is 0 Å². The maximum atomic E-state index is 11.9. The van der Waals surface area contributed by atoms with Gasteiger partial charge in [-0.05, 0) is 37.5 Å². The van der Waals surface area contributed by atoms with Crippen LogP contribution in [0.4, 0.5) is 0 Å². The van der Waals surface area contributed by atoms with E-state index >= 15 is 0 Å². The SMILES string of the molecule is CCOc1ccc(CNC(=O)CC2(C(=O)O)CCC2)cc1. The lowest BCUT2D eigenvalue weighted by molar-refractivity contribution is -0.157. The van der Waals surface area contributed by atoms with Crippen LogP contribution in [-0.2, 0) is 16.1 Å². The highest BCUT2D eigenvalue weighted by Gasteiger charge is 2.45. The Balaban J connectivity index is 1.82. The molecule has 0 unspecified atom stereocenters. The Morgan fingerprint density at radius 1 is 1.29 bits per heavy atom. The second kappa shape index (κ2) is 6.61. The third-order valence-corrected chi connectivity index (χ3v) is 3.99. The molecular formula is C16H21NO4. The summed E-state index contributed by atoms with van der Waals surface area (Å²) in [6.07, 6.45) is 2.15. The van der Waals surface area contributed by atoms with Crippen LogP contribution >= 0.6 is 0 Å². The molecule has 2 N–H and O–H groups in total. The van der Waals surface area contributed by atoms with E-state index in [1.165, 1.54) is 0 Å². The van der Waals surface area contributed by atoms with E-state index in [0.717, 1.165) is 17.7 Å². The van der Waals surface area contributed by atoms with Gasteiger partial charge in [0.1, 0.15) is 5.75 Å². The average molecular weight is 291 g/mol. The predicted octanol–water partition coefficient (Wildman–Crippen LogP) is 2.35. The third-order valence-electron chi connectivity index (χ3n) is 3.99. The molecule has 0 saturated heterocycles. The zero-order valence-corrected chi connectivity index (χ0v) is 12.2. The summed E-state index contributed by atoms with van der Waals surface area (Å²) in [4.78, 5) is 23.1. The maximum Gasteiger partial charge on any atom is 0.310 e. The van der Waals surface area contributed by atoms with Crippen LogP contribution in [0.3, 0.4) is 0 Å². The molecule has 0 aliphatic heterocycles. The van der Waals surface area contributed by atoms with Gasteiger partial charge in [0.05, 0.1) is 12.0 Å². The lowest BCUT2D eigenvalue weighted by Crippen LogP contribution is -2.42. The number of carbonyl (C=O) groups is 2. The van der Waals surface area contributed by atoms with Gasteiger partial charge >= 0.3 is 5.97 Å². The first-order valence-electron chi connectivity index (χ1n) is 7.27. The molecule has 5 heteroatoms. The highest BCUT2D eigenvalue weighted by molar-refractivity contribution is 5.85. The normalized spacial score (nSPS) is 15.9.